The second-order valence-electron chi connectivity index (χ2n) is 6.01. The van der Waals surface area contributed by atoms with Crippen molar-refractivity contribution in [3.63, 3.8) is 0 Å². The van der Waals surface area contributed by atoms with Gasteiger partial charge < -0.3 is 9.47 Å². The quantitative estimate of drug-likeness (QED) is 0.796. The molecule has 0 unspecified atom stereocenters. The van der Waals surface area contributed by atoms with Crippen molar-refractivity contribution in [2.45, 2.75) is 26.4 Å². The lowest BCUT2D eigenvalue weighted by molar-refractivity contribution is -0.00436. The maximum absolute atomic E-state index is 11.7. The van der Waals surface area contributed by atoms with Gasteiger partial charge in [-0.3, -0.25) is 4.90 Å². The molecule has 0 amide bonds. The molecule has 1 atom stereocenters. The number of aryl methyl sites for hydroxylation is 1. The maximum Gasteiger partial charge on any atom is 0.357 e. The number of rotatable bonds is 4. The average molecular weight is 346 g/mol. The molecule has 1 saturated heterocycles. The first kappa shape index (κ1) is 17.1. The van der Waals surface area contributed by atoms with Crippen LogP contribution in [0.15, 0.2) is 24.3 Å². The van der Waals surface area contributed by atoms with E-state index in [9.17, 15) is 4.79 Å². The van der Waals surface area contributed by atoms with Crippen LogP contribution in [0.5, 0.6) is 0 Å². The van der Waals surface area contributed by atoms with Crippen molar-refractivity contribution in [1.29, 1.82) is 0 Å². The van der Waals surface area contributed by atoms with Crippen LogP contribution in [0.25, 0.3) is 10.6 Å². The molecular formula is C18H22N2O3S. The third-order valence-corrected chi connectivity index (χ3v) is 5.29. The van der Waals surface area contributed by atoms with Crippen LogP contribution in [0, 0.1) is 6.92 Å². The largest absolute Gasteiger partial charge is 0.464 e. The van der Waals surface area contributed by atoms with Gasteiger partial charge in [-0.25, -0.2) is 9.78 Å². The summed E-state index contributed by atoms with van der Waals surface area (Å²) >= 11 is 1.51. The molecule has 1 aliphatic heterocycles. The van der Waals surface area contributed by atoms with Crippen molar-refractivity contribution in [2.24, 2.45) is 0 Å². The van der Waals surface area contributed by atoms with Gasteiger partial charge >= 0.3 is 5.97 Å². The summed E-state index contributed by atoms with van der Waals surface area (Å²) in [5.74, 6) is -0.382. The summed E-state index contributed by atoms with van der Waals surface area (Å²) in [5, 5.41) is 0.846. The Labute approximate surface area is 146 Å². The molecule has 1 aliphatic rings. The summed E-state index contributed by atoms with van der Waals surface area (Å²) in [5.41, 5.74) is 2.70. The van der Waals surface area contributed by atoms with Crippen molar-refractivity contribution in [1.82, 2.24) is 9.88 Å². The first-order chi connectivity index (χ1) is 11.6. The second-order valence-corrected chi connectivity index (χ2v) is 7.21. The lowest BCUT2D eigenvalue weighted by Crippen LogP contribution is -2.42. The normalized spacial score (nSPS) is 18.5. The van der Waals surface area contributed by atoms with E-state index in [2.05, 4.69) is 41.1 Å². The van der Waals surface area contributed by atoms with Crippen molar-refractivity contribution in [2.75, 3.05) is 26.9 Å². The second kappa shape index (κ2) is 7.42. The number of aromatic nitrogens is 1. The number of hydrogen-bond donors (Lipinski definition) is 0. The third kappa shape index (κ3) is 3.66. The predicted molar refractivity (Wildman–Crippen MR) is 94.3 cm³/mol. The molecule has 0 N–H and O–H groups in total. The summed E-state index contributed by atoms with van der Waals surface area (Å²) in [6.45, 7) is 7.58. The van der Waals surface area contributed by atoms with Gasteiger partial charge in [-0.15, -0.1) is 11.3 Å². The minimum Gasteiger partial charge on any atom is -0.464 e. The minimum atomic E-state index is -0.382. The highest BCUT2D eigenvalue weighted by Gasteiger charge is 2.19. The lowest BCUT2D eigenvalue weighted by Gasteiger charge is -2.33. The van der Waals surface area contributed by atoms with Crippen LogP contribution in [0.2, 0.25) is 0 Å². The highest BCUT2D eigenvalue weighted by atomic mass is 32.1. The number of thiazole rings is 1. The Bertz CT molecular complexity index is 712. The zero-order valence-electron chi connectivity index (χ0n) is 14.2. The summed E-state index contributed by atoms with van der Waals surface area (Å²) in [7, 11) is 1.38. The standard InChI is InChI=1S/C18H22N2O3S/c1-12-11-23-9-8-20(12)10-14-4-6-15(7-5-14)17-19-16(13(2)24-17)18(21)22-3/h4-7,12H,8-11H2,1-3H3/t12-/m1/s1. The summed E-state index contributed by atoms with van der Waals surface area (Å²) in [6.07, 6.45) is 0. The van der Waals surface area contributed by atoms with Gasteiger partial charge in [0.2, 0.25) is 0 Å². The van der Waals surface area contributed by atoms with E-state index in [0.717, 1.165) is 41.8 Å². The van der Waals surface area contributed by atoms with Crippen LogP contribution in [0.3, 0.4) is 0 Å². The highest BCUT2D eigenvalue weighted by molar-refractivity contribution is 7.15. The van der Waals surface area contributed by atoms with Crippen molar-refractivity contribution in [3.8, 4) is 10.6 Å². The number of hydrogen-bond acceptors (Lipinski definition) is 6. The molecule has 0 bridgehead atoms. The van der Waals surface area contributed by atoms with Crippen LogP contribution in [0.1, 0.15) is 27.9 Å². The van der Waals surface area contributed by atoms with Crippen LogP contribution >= 0.6 is 11.3 Å². The monoisotopic (exact) mass is 346 g/mol. The van der Waals surface area contributed by atoms with Gasteiger partial charge in [0.25, 0.3) is 0 Å². The molecule has 1 fully saturated rings. The average Bonchev–Trinajstić information content (AvgIpc) is 2.99. The smallest absolute Gasteiger partial charge is 0.357 e. The van der Waals surface area contributed by atoms with Crippen molar-refractivity contribution >= 4 is 17.3 Å². The summed E-state index contributed by atoms with van der Waals surface area (Å²) in [4.78, 5) is 19.4. The van der Waals surface area contributed by atoms with Gasteiger partial charge in [-0.05, 0) is 19.4 Å². The Balaban J connectivity index is 1.73. The van der Waals surface area contributed by atoms with Crippen LogP contribution in [-0.4, -0.2) is 48.8 Å². The van der Waals surface area contributed by atoms with E-state index in [-0.39, 0.29) is 5.97 Å². The minimum absolute atomic E-state index is 0.382. The molecule has 0 spiro atoms. The number of morpholine rings is 1. The molecule has 0 saturated carbocycles. The third-order valence-electron chi connectivity index (χ3n) is 4.27. The highest BCUT2D eigenvalue weighted by Crippen LogP contribution is 2.28. The lowest BCUT2D eigenvalue weighted by atomic mass is 10.1. The molecule has 0 radical (unpaired) electrons. The molecule has 6 heteroatoms. The van der Waals surface area contributed by atoms with Gasteiger partial charge in [0, 0.05) is 29.6 Å². The van der Waals surface area contributed by atoms with Gasteiger partial charge in [-0.2, -0.15) is 0 Å². The Kier molecular flexibility index (Phi) is 5.28. The molecule has 128 valence electrons. The number of carbonyl (C=O) groups is 1. The number of benzene rings is 1. The Morgan fingerprint density at radius 3 is 2.83 bits per heavy atom. The van der Waals surface area contributed by atoms with Crippen LogP contribution in [0.4, 0.5) is 0 Å². The molecule has 2 heterocycles. The van der Waals surface area contributed by atoms with E-state index < -0.39 is 0 Å². The van der Waals surface area contributed by atoms with Crippen molar-refractivity contribution in [3.05, 3.63) is 40.4 Å². The fourth-order valence-electron chi connectivity index (χ4n) is 2.79. The van der Waals surface area contributed by atoms with Gasteiger partial charge in [-0.1, -0.05) is 24.3 Å². The fourth-order valence-corrected chi connectivity index (χ4v) is 3.70. The van der Waals surface area contributed by atoms with E-state index in [4.69, 9.17) is 9.47 Å². The van der Waals surface area contributed by atoms with Crippen LogP contribution in [-0.2, 0) is 16.0 Å². The first-order valence-electron chi connectivity index (χ1n) is 8.05. The Hall–Kier alpha value is -1.76. The van der Waals surface area contributed by atoms with E-state index >= 15 is 0 Å². The SMILES string of the molecule is COC(=O)c1nc(-c2ccc(CN3CCOC[C@H]3C)cc2)sc1C. The topological polar surface area (TPSA) is 51.7 Å². The van der Waals surface area contributed by atoms with Gasteiger partial charge in [0.1, 0.15) is 5.01 Å². The maximum atomic E-state index is 11.7. The number of methoxy groups -OCH3 is 1. The van der Waals surface area contributed by atoms with Crippen LogP contribution < -0.4 is 0 Å². The van der Waals surface area contributed by atoms with Gasteiger partial charge in [0.15, 0.2) is 5.69 Å². The molecular weight excluding hydrogens is 324 g/mol. The number of nitrogens with zero attached hydrogens (tertiary/aromatic N) is 2. The summed E-state index contributed by atoms with van der Waals surface area (Å²) in [6, 6.07) is 8.85. The van der Waals surface area contributed by atoms with E-state index in [1.165, 1.54) is 24.0 Å². The summed E-state index contributed by atoms with van der Waals surface area (Å²) < 4.78 is 10.3. The van der Waals surface area contributed by atoms with Gasteiger partial charge in [0.05, 0.1) is 20.3 Å². The fraction of sp³-hybridized carbons (Fsp3) is 0.444. The number of esters is 1. The number of ether oxygens (including phenoxy) is 2. The first-order valence-corrected chi connectivity index (χ1v) is 8.87. The van der Waals surface area contributed by atoms with E-state index in [1.807, 2.05) is 6.92 Å². The molecule has 1 aromatic heterocycles. The zero-order valence-corrected chi connectivity index (χ0v) is 15.1. The molecule has 1 aromatic carbocycles. The molecule has 24 heavy (non-hydrogen) atoms. The zero-order chi connectivity index (χ0) is 17.1. The predicted octanol–water partition coefficient (Wildman–Crippen LogP) is 3.13. The Morgan fingerprint density at radius 1 is 1.42 bits per heavy atom. The Morgan fingerprint density at radius 2 is 2.17 bits per heavy atom. The molecule has 0 aliphatic carbocycles. The van der Waals surface area contributed by atoms with E-state index in [0.29, 0.717) is 11.7 Å². The molecule has 3 rings (SSSR count). The molecule has 5 nitrogen and oxygen atoms in total. The molecule has 2 aromatic rings. The van der Waals surface area contributed by atoms with Crippen molar-refractivity contribution < 1.29 is 14.3 Å². The van der Waals surface area contributed by atoms with E-state index in [1.54, 1.807) is 0 Å². The number of carbonyl (C=O) groups excluding carboxylic acids is 1.